The summed E-state index contributed by atoms with van der Waals surface area (Å²) in [6.45, 7) is 5.88. The Labute approximate surface area is 156 Å². The molecule has 1 N–H and O–H groups in total. The second-order valence-electron chi connectivity index (χ2n) is 6.07. The third kappa shape index (κ3) is 4.94. The largest absolute Gasteiger partial charge is 0.465 e. The number of carbonyl (C=O) groups excluding carboxylic acids is 1. The number of nitrogens with one attached hydrogen (secondary N) is 1. The molecular weight excluding hydrogens is 364 g/mol. The highest BCUT2D eigenvalue weighted by atomic mass is 35.5. The summed E-state index contributed by atoms with van der Waals surface area (Å²) in [5.74, 6) is -0.458. The first-order valence-electron chi connectivity index (χ1n) is 8.33. The molecule has 25 heavy (non-hydrogen) atoms. The van der Waals surface area contributed by atoms with Gasteiger partial charge in [-0.15, -0.1) is 12.4 Å². The van der Waals surface area contributed by atoms with Gasteiger partial charge in [0.1, 0.15) is 0 Å². The van der Waals surface area contributed by atoms with Crippen LogP contribution in [-0.2, 0) is 14.8 Å². The first-order chi connectivity index (χ1) is 11.4. The van der Waals surface area contributed by atoms with Crippen LogP contribution in [0.4, 0.5) is 0 Å². The van der Waals surface area contributed by atoms with Gasteiger partial charge in [-0.1, -0.05) is 6.92 Å². The molecule has 0 aliphatic carbocycles. The normalized spacial score (nSPS) is 15.7. The minimum Gasteiger partial charge on any atom is -0.465 e. The van der Waals surface area contributed by atoms with Crippen LogP contribution in [0.25, 0.3) is 0 Å². The molecule has 142 valence electrons. The Hall–Kier alpha value is -1.15. The lowest BCUT2D eigenvalue weighted by molar-refractivity contribution is 0.0599. The van der Waals surface area contributed by atoms with E-state index in [1.807, 2.05) is 6.92 Å². The van der Waals surface area contributed by atoms with Gasteiger partial charge in [-0.25, -0.2) is 13.2 Å². The van der Waals surface area contributed by atoms with Crippen molar-refractivity contribution in [1.29, 1.82) is 0 Å². The van der Waals surface area contributed by atoms with Crippen LogP contribution in [-0.4, -0.2) is 51.5 Å². The minimum absolute atomic E-state index is 0. The number of esters is 1. The third-order valence-electron chi connectivity index (χ3n) is 4.37. The molecule has 0 atom stereocenters. The molecule has 0 bridgehead atoms. The fourth-order valence-electron chi connectivity index (χ4n) is 3.09. The maximum atomic E-state index is 13.1. The molecule has 1 aromatic rings. The molecule has 0 aromatic heterocycles. The van der Waals surface area contributed by atoms with Gasteiger partial charge in [0.05, 0.1) is 17.6 Å². The van der Waals surface area contributed by atoms with Crippen molar-refractivity contribution in [3.8, 4) is 0 Å². The lowest BCUT2D eigenvalue weighted by Crippen LogP contribution is -2.46. The molecule has 1 fully saturated rings. The maximum absolute atomic E-state index is 13.1. The highest BCUT2D eigenvalue weighted by molar-refractivity contribution is 7.89. The molecule has 0 saturated carbocycles. The third-order valence-corrected chi connectivity index (χ3v) is 6.32. The summed E-state index contributed by atoms with van der Waals surface area (Å²) in [7, 11) is -2.27. The molecular formula is C17H27ClN2O4S. The van der Waals surface area contributed by atoms with Crippen LogP contribution < -0.4 is 5.32 Å². The van der Waals surface area contributed by atoms with E-state index < -0.39 is 16.0 Å². The molecule has 1 saturated heterocycles. The highest BCUT2D eigenvalue weighted by Crippen LogP contribution is 2.25. The number of nitrogens with zero attached hydrogens (tertiary/aromatic N) is 1. The average Bonchev–Trinajstić information content (AvgIpc) is 2.59. The van der Waals surface area contributed by atoms with E-state index in [0.717, 1.165) is 32.4 Å². The summed E-state index contributed by atoms with van der Waals surface area (Å²) >= 11 is 0. The van der Waals surface area contributed by atoms with Crippen molar-refractivity contribution < 1.29 is 17.9 Å². The molecule has 2 rings (SSSR count). The second-order valence-corrected chi connectivity index (χ2v) is 7.96. The van der Waals surface area contributed by atoms with Gasteiger partial charge in [0.2, 0.25) is 10.0 Å². The van der Waals surface area contributed by atoms with Crippen LogP contribution in [0.2, 0.25) is 0 Å². The Kier molecular flexibility index (Phi) is 8.34. The number of halogens is 1. The number of piperidine rings is 1. The number of hydrogen-bond donors (Lipinski definition) is 1. The molecule has 1 aliphatic heterocycles. The monoisotopic (exact) mass is 390 g/mol. The zero-order chi connectivity index (χ0) is 17.7. The van der Waals surface area contributed by atoms with Gasteiger partial charge in [0.25, 0.3) is 0 Å². The predicted molar refractivity (Wildman–Crippen MR) is 99.8 cm³/mol. The van der Waals surface area contributed by atoms with Crippen molar-refractivity contribution in [3.63, 3.8) is 0 Å². The van der Waals surface area contributed by atoms with Crippen molar-refractivity contribution in [3.05, 3.63) is 29.3 Å². The summed E-state index contributed by atoms with van der Waals surface area (Å²) < 4.78 is 32.6. The van der Waals surface area contributed by atoms with Crippen molar-refractivity contribution in [2.75, 3.05) is 26.7 Å². The van der Waals surface area contributed by atoms with Crippen LogP contribution >= 0.6 is 12.4 Å². The number of carbonyl (C=O) groups is 1. The summed E-state index contributed by atoms with van der Waals surface area (Å²) in [5.41, 5.74) is 0.991. The van der Waals surface area contributed by atoms with E-state index in [2.05, 4.69) is 5.32 Å². The molecule has 1 aliphatic rings. The van der Waals surface area contributed by atoms with Crippen molar-refractivity contribution in [1.82, 2.24) is 9.62 Å². The lowest BCUT2D eigenvalue weighted by atomic mass is 10.1. The Balaban J connectivity index is 0.00000312. The smallest absolute Gasteiger partial charge is 0.338 e. The SMILES string of the molecule is CCCN(C1CCNCC1)S(=O)(=O)c1ccc(C(=O)OC)c(C)c1.Cl. The van der Waals surface area contributed by atoms with Gasteiger partial charge in [-0.2, -0.15) is 4.31 Å². The van der Waals surface area contributed by atoms with Crippen molar-refractivity contribution >= 4 is 28.4 Å². The number of hydrogen-bond acceptors (Lipinski definition) is 5. The zero-order valence-corrected chi connectivity index (χ0v) is 16.6. The number of methoxy groups -OCH3 is 1. The zero-order valence-electron chi connectivity index (χ0n) is 14.9. The molecule has 0 spiro atoms. The van der Waals surface area contributed by atoms with Crippen LogP contribution in [0, 0.1) is 6.92 Å². The van der Waals surface area contributed by atoms with E-state index in [0.29, 0.717) is 17.7 Å². The molecule has 0 amide bonds. The maximum Gasteiger partial charge on any atom is 0.338 e. The van der Waals surface area contributed by atoms with Crippen LogP contribution in [0.5, 0.6) is 0 Å². The van der Waals surface area contributed by atoms with Gasteiger partial charge in [-0.05, 0) is 63.0 Å². The molecule has 6 nitrogen and oxygen atoms in total. The van der Waals surface area contributed by atoms with Crippen molar-refractivity contribution in [2.45, 2.75) is 44.0 Å². The predicted octanol–water partition coefficient (Wildman–Crippen LogP) is 2.36. The number of sulfonamides is 1. The molecule has 0 unspecified atom stereocenters. The summed E-state index contributed by atoms with van der Waals surface area (Å²) in [6.07, 6.45) is 2.40. The molecule has 1 aromatic carbocycles. The summed E-state index contributed by atoms with van der Waals surface area (Å²) in [4.78, 5) is 11.9. The number of ether oxygens (including phenoxy) is 1. The van der Waals surface area contributed by atoms with E-state index >= 15 is 0 Å². The molecule has 1 heterocycles. The summed E-state index contributed by atoms with van der Waals surface area (Å²) in [5, 5.41) is 3.27. The molecule has 0 radical (unpaired) electrons. The van der Waals surface area contributed by atoms with Crippen LogP contribution in [0.3, 0.4) is 0 Å². The van der Waals surface area contributed by atoms with Crippen LogP contribution in [0.15, 0.2) is 23.1 Å². The number of benzene rings is 1. The van der Waals surface area contributed by atoms with Gasteiger partial charge >= 0.3 is 5.97 Å². The Morgan fingerprint density at radius 1 is 1.32 bits per heavy atom. The topological polar surface area (TPSA) is 75.7 Å². The number of aryl methyl sites for hydroxylation is 1. The number of rotatable bonds is 6. The van der Waals surface area contributed by atoms with E-state index in [1.54, 1.807) is 17.3 Å². The lowest BCUT2D eigenvalue weighted by Gasteiger charge is -2.33. The highest BCUT2D eigenvalue weighted by Gasteiger charge is 2.32. The van der Waals surface area contributed by atoms with E-state index in [9.17, 15) is 13.2 Å². The quantitative estimate of drug-likeness (QED) is 0.754. The Morgan fingerprint density at radius 2 is 1.96 bits per heavy atom. The fraction of sp³-hybridized carbons (Fsp3) is 0.588. The van der Waals surface area contributed by atoms with E-state index in [-0.39, 0.29) is 23.3 Å². The van der Waals surface area contributed by atoms with Crippen molar-refractivity contribution in [2.24, 2.45) is 0 Å². The van der Waals surface area contributed by atoms with Gasteiger partial charge in [-0.3, -0.25) is 0 Å². The second kappa shape index (κ2) is 9.52. The standard InChI is InChI=1S/C17H26N2O4S.ClH/c1-4-11-19(14-7-9-18-10-8-14)24(21,22)15-5-6-16(13(2)12-15)17(20)23-3;/h5-6,12,14,18H,4,7-11H2,1-3H3;1H. The van der Waals surface area contributed by atoms with Gasteiger partial charge in [0.15, 0.2) is 0 Å². The minimum atomic E-state index is -3.58. The molecule has 8 heteroatoms. The van der Waals surface area contributed by atoms with Gasteiger partial charge < -0.3 is 10.1 Å². The first kappa shape index (κ1) is 21.9. The van der Waals surface area contributed by atoms with Gasteiger partial charge in [0, 0.05) is 12.6 Å². The first-order valence-corrected chi connectivity index (χ1v) is 9.77. The Bertz CT molecular complexity index is 688. The summed E-state index contributed by atoms with van der Waals surface area (Å²) in [6, 6.07) is 4.61. The van der Waals surface area contributed by atoms with E-state index in [4.69, 9.17) is 4.74 Å². The fourth-order valence-corrected chi connectivity index (χ4v) is 4.95. The van der Waals surface area contributed by atoms with Crippen LogP contribution in [0.1, 0.15) is 42.1 Å². The Morgan fingerprint density at radius 3 is 2.48 bits per heavy atom. The van der Waals surface area contributed by atoms with E-state index in [1.165, 1.54) is 19.2 Å². The average molecular weight is 391 g/mol.